The molecule has 0 spiro atoms. The second-order valence-electron chi connectivity index (χ2n) is 13.0. The van der Waals surface area contributed by atoms with Crippen LogP contribution in [0.25, 0.3) is 0 Å². The number of rotatable bonds is 11. The van der Waals surface area contributed by atoms with Crippen LogP contribution < -0.4 is 0 Å². The van der Waals surface area contributed by atoms with Crippen LogP contribution in [0.15, 0.2) is 0 Å². The molecule has 44 heavy (non-hydrogen) atoms. The van der Waals surface area contributed by atoms with Crippen molar-refractivity contribution in [2.75, 3.05) is 6.61 Å². The van der Waals surface area contributed by atoms with Crippen LogP contribution in [0.2, 0.25) is 0 Å². The first-order chi connectivity index (χ1) is 20.4. The summed E-state index contributed by atoms with van der Waals surface area (Å²) in [5.41, 5.74) is -0.677. The van der Waals surface area contributed by atoms with Crippen LogP contribution >= 0.6 is 0 Å². The van der Waals surface area contributed by atoms with Gasteiger partial charge in [-0.3, -0.25) is 19.2 Å². The van der Waals surface area contributed by atoms with E-state index in [0.717, 1.165) is 25.7 Å². The molecule has 0 N–H and O–H groups in total. The zero-order valence-electron chi connectivity index (χ0n) is 23.5. The maximum absolute atomic E-state index is 13.6. The number of carbonyl (C=O) groups excluding carboxylic acids is 4. The van der Waals surface area contributed by atoms with E-state index in [1.807, 2.05) is 6.92 Å². The first-order valence-corrected chi connectivity index (χ1v) is 16.0. The molecule has 7 aliphatic rings. The van der Waals surface area contributed by atoms with Crippen molar-refractivity contribution >= 4 is 34.0 Å². The number of esters is 4. The van der Waals surface area contributed by atoms with Crippen molar-refractivity contribution in [3.05, 3.63) is 0 Å². The third kappa shape index (κ3) is 4.96. The molecule has 3 heterocycles. The quantitative estimate of drug-likeness (QED) is 0.138. The number of halogens is 4. The van der Waals surface area contributed by atoms with Gasteiger partial charge in [-0.15, -0.1) is 0 Å². The second kappa shape index (κ2) is 10.5. The molecule has 17 heteroatoms. The molecule has 246 valence electrons. The van der Waals surface area contributed by atoms with Crippen molar-refractivity contribution in [2.45, 2.75) is 99.5 Å². The highest BCUT2D eigenvalue weighted by atomic mass is 32.2. The lowest BCUT2D eigenvalue weighted by molar-refractivity contribution is -0.210. The summed E-state index contributed by atoms with van der Waals surface area (Å²) < 4.78 is 112. The Morgan fingerprint density at radius 2 is 1.55 bits per heavy atom. The molecule has 6 atom stereocenters. The van der Waals surface area contributed by atoms with E-state index in [2.05, 4.69) is 4.74 Å². The topological polar surface area (TPSA) is 172 Å². The number of hydrogen-bond acceptors (Lipinski definition) is 12. The fourth-order valence-corrected chi connectivity index (χ4v) is 8.89. The van der Waals surface area contributed by atoms with E-state index in [4.69, 9.17) is 18.9 Å². The van der Waals surface area contributed by atoms with Crippen molar-refractivity contribution in [2.24, 2.45) is 35.5 Å². The molecular weight excluding hydrogens is 624 g/mol. The largest absolute Gasteiger partial charge is 0.743 e. The molecule has 0 aromatic heterocycles. The molecule has 6 unspecified atom stereocenters. The van der Waals surface area contributed by atoms with E-state index in [0.29, 0.717) is 11.8 Å². The van der Waals surface area contributed by atoms with E-state index < -0.39 is 113 Å². The predicted octanol–water partition coefficient (Wildman–Crippen LogP) is 2.08. The van der Waals surface area contributed by atoms with E-state index in [9.17, 15) is 49.7 Å². The second-order valence-corrected chi connectivity index (χ2v) is 14.4. The van der Waals surface area contributed by atoms with Crippen LogP contribution in [0, 0.1) is 35.5 Å². The standard InChI is InChI=1S/C27H32F4O12S/c1-25(13-7-11-6-12(9-13)10-14(25)8-11)43-24(35)18-17-19-22(42-23(17)34)21(20(18)41-19)40-16(33)3-2-15(32)39-5-4-26(28,29)27(30,31)44(36,37)38/h11-14,17-22H,2-10H2,1H3,(H,36,37,38)/p-1. The summed E-state index contributed by atoms with van der Waals surface area (Å²) in [7, 11) is -6.68. The van der Waals surface area contributed by atoms with Crippen molar-refractivity contribution in [1.29, 1.82) is 0 Å². The Balaban J connectivity index is 1.02. The highest BCUT2D eigenvalue weighted by Crippen LogP contribution is 2.60. The number of fused-ring (bicyclic) bond motifs is 1. The molecule has 12 nitrogen and oxygen atoms in total. The molecular formula is C27H31F4O12S-. The van der Waals surface area contributed by atoms with Crippen molar-refractivity contribution < 1.29 is 73.4 Å². The van der Waals surface area contributed by atoms with Gasteiger partial charge in [0.25, 0.3) is 0 Å². The maximum atomic E-state index is 13.6. The molecule has 3 saturated heterocycles. The van der Waals surface area contributed by atoms with Gasteiger partial charge in [-0.1, -0.05) is 0 Å². The highest BCUT2D eigenvalue weighted by Gasteiger charge is 2.72. The number of carbonyl (C=O) groups is 4. The summed E-state index contributed by atoms with van der Waals surface area (Å²) in [6.45, 7) is 0.591. The van der Waals surface area contributed by atoms with Crippen molar-refractivity contribution in [3.63, 3.8) is 0 Å². The maximum Gasteiger partial charge on any atom is 0.396 e. The molecule has 4 saturated carbocycles. The third-order valence-electron chi connectivity index (χ3n) is 10.5. The summed E-state index contributed by atoms with van der Waals surface area (Å²) in [6, 6.07) is 0. The van der Waals surface area contributed by atoms with Crippen molar-refractivity contribution in [1.82, 2.24) is 0 Å². The molecule has 0 aromatic rings. The Kier molecular flexibility index (Phi) is 7.51. The average Bonchev–Trinajstić information content (AvgIpc) is 3.53. The Morgan fingerprint density at radius 3 is 2.14 bits per heavy atom. The van der Waals surface area contributed by atoms with Gasteiger partial charge in [-0.25, -0.2) is 8.42 Å². The molecule has 0 aromatic carbocycles. The lowest BCUT2D eigenvalue weighted by atomic mass is 9.50. The molecule has 0 radical (unpaired) electrons. The first-order valence-electron chi connectivity index (χ1n) is 14.6. The summed E-state index contributed by atoms with van der Waals surface area (Å²) in [5, 5.41) is -5.92. The zero-order valence-corrected chi connectivity index (χ0v) is 24.3. The van der Waals surface area contributed by atoms with Gasteiger partial charge in [0, 0.05) is 0 Å². The van der Waals surface area contributed by atoms with Gasteiger partial charge in [0.15, 0.2) is 22.3 Å². The predicted molar refractivity (Wildman–Crippen MR) is 131 cm³/mol. The third-order valence-corrected chi connectivity index (χ3v) is 11.4. The monoisotopic (exact) mass is 655 g/mol. The number of ether oxygens (including phenoxy) is 5. The highest BCUT2D eigenvalue weighted by molar-refractivity contribution is 7.86. The summed E-state index contributed by atoms with van der Waals surface area (Å²) in [6.07, 6.45) is -2.23. The number of alkyl halides is 4. The van der Waals surface area contributed by atoms with E-state index in [1.54, 1.807) is 0 Å². The molecule has 7 rings (SSSR count). The molecule has 6 bridgehead atoms. The van der Waals surface area contributed by atoms with Crippen LogP contribution in [0.3, 0.4) is 0 Å². The van der Waals surface area contributed by atoms with E-state index in [1.165, 1.54) is 6.42 Å². The zero-order chi connectivity index (χ0) is 32.0. The Morgan fingerprint density at radius 1 is 0.955 bits per heavy atom. The summed E-state index contributed by atoms with van der Waals surface area (Å²) >= 11 is 0. The summed E-state index contributed by atoms with van der Waals surface area (Å²) in [5.74, 6) is -9.14. The Bertz CT molecular complexity index is 1320. The minimum atomic E-state index is -6.68. The molecule has 4 aliphatic carbocycles. The first kappa shape index (κ1) is 31.5. The van der Waals surface area contributed by atoms with Gasteiger partial charge in [0.1, 0.15) is 29.6 Å². The normalized spacial score (nSPS) is 40.2. The minimum Gasteiger partial charge on any atom is -0.743 e. The van der Waals surface area contributed by atoms with Crippen LogP contribution in [0.4, 0.5) is 17.6 Å². The number of hydrogen-bond donors (Lipinski definition) is 0. The lowest BCUT2D eigenvalue weighted by Gasteiger charge is -2.59. The summed E-state index contributed by atoms with van der Waals surface area (Å²) in [4.78, 5) is 50.8. The van der Waals surface area contributed by atoms with Gasteiger partial charge in [0.2, 0.25) is 0 Å². The van der Waals surface area contributed by atoms with Gasteiger partial charge < -0.3 is 28.2 Å². The van der Waals surface area contributed by atoms with E-state index >= 15 is 0 Å². The van der Waals surface area contributed by atoms with Crippen LogP contribution in [-0.4, -0.2) is 84.6 Å². The van der Waals surface area contributed by atoms with Gasteiger partial charge in [-0.2, -0.15) is 17.6 Å². The van der Waals surface area contributed by atoms with Gasteiger partial charge >= 0.3 is 35.1 Å². The molecule has 3 aliphatic heterocycles. The van der Waals surface area contributed by atoms with Crippen LogP contribution in [-0.2, 0) is 53.0 Å². The van der Waals surface area contributed by atoms with Crippen molar-refractivity contribution in [3.8, 4) is 0 Å². The average molecular weight is 656 g/mol. The van der Waals surface area contributed by atoms with Gasteiger partial charge in [0.05, 0.1) is 25.9 Å². The smallest absolute Gasteiger partial charge is 0.396 e. The van der Waals surface area contributed by atoms with Gasteiger partial charge in [-0.05, 0) is 62.7 Å². The molecule has 0 amide bonds. The van der Waals surface area contributed by atoms with Crippen LogP contribution in [0.5, 0.6) is 0 Å². The Hall–Kier alpha value is -2.53. The van der Waals surface area contributed by atoms with E-state index in [-0.39, 0.29) is 11.8 Å². The fourth-order valence-electron chi connectivity index (χ4n) is 8.42. The lowest BCUT2D eigenvalue weighted by Crippen LogP contribution is -2.59. The SMILES string of the molecule is CC1(OC(=O)C2C3OC4C(OC(=O)C42)C3OC(=O)CCC(=O)OCCC(F)(F)C(F)(F)S(=O)(=O)[O-])C2CC3CC(C2)CC1C3. The fraction of sp³-hybridized carbons (Fsp3) is 0.852. The molecule has 7 fully saturated rings. The Labute approximate surface area is 249 Å². The minimum absolute atomic E-state index is 0.223. The van der Waals surface area contributed by atoms with Crippen LogP contribution in [0.1, 0.15) is 58.3 Å².